The Balaban J connectivity index is 2.88. The molecule has 5 nitrogen and oxygen atoms in total. The highest BCUT2D eigenvalue weighted by molar-refractivity contribution is 6.04. The van der Waals surface area contributed by atoms with Gasteiger partial charge in [-0.15, -0.1) is 0 Å². The standard InChI is InChI=1S/C14H12N4O/c1-10(18-13(9-16)12(17)8-15)7-14(19)11-5-3-2-4-6-11/h2-7,18H,17H2,1H3/b10-7+,13-12-. The average Bonchev–Trinajstić information content (AvgIpc) is 2.44. The van der Waals surface area contributed by atoms with E-state index in [1.807, 2.05) is 6.07 Å². The first kappa shape index (κ1) is 14.0. The fourth-order valence-electron chi connectivity index (χ4n) is 1.33. The van der Waals surface area contributed by atoms with E-state index in [1.54, 1.807) is 43.3 Å². The Bertz CT molecular complexity index is 615. The molecular formula is C14H12N4O. The minimum atomic E-state index is -0.220. The third-order valence-corrected chi connectivity index (χ3v) is 2.23. The average molecular weight is 252 g/mol. The van der Waals surface area contributed by atoms with Gasteiger partial charge in [-0.25, -0.2) is 0 Å². The molecule has 0 aromatic heterocycles. The molecule has 0 saturated carbocycles. The van der Waals surface area contributed by atoms with Gasteiger partial charge < -0.3 is 11.1 Å². The maximum atomic E-state index is 11.9. The van der Waals surface area contributed by atoms with Gasteiger partial charge in [0.1, 0.15) is 17.8 Å². The van der Waals surface area contributed by atoms with Crippen LogP contribution < -0.4 is 11.1 Å². The van der Waals surface area contributed by atoms with Gasteiger partial charge in [0.2, 0.25) is 0 Å². The first-order chi connectivity index (χ1) is 9.08. The molecule has 0 amide bonds. The number of carbonyl (C=O) groups excluding carboxylic acids is 1. The molecular weight excluding hydrogens is 240 g/mol. The predicted octanol–water partition coefficient (Wildman–Crippen LogP) is 1.58. The molecule has 0 aliphatic heterocycles. The molecule has 0 spiro atoms. The number of rotatable bonds is 4. The summed E-state index contributed by atoms with van der Waals surface area (Å²) >= 11 is 0. The van der Waals surface area contributed by atoms with Crippen molar-refractivity contribution in [1.82, 2.24) is 5.32 Å². The zero-order valence-corrected chi connectivity index (χ0v) is 10.3. The van der Waals surface area contributed by atoms with Crippen molar-refractivity contribution in [2.75, 3.05) is 0 Å². The number of nitrogens with two attached hydrogens (primary N) is 1. The van der Waals surface area contributed by atoms with Gasteiger partial charge in [-0.3, -0.25) is 4.79 Å². The molecule has 0 bridgehead atoms. The number of nitriles is 2. The monoisotopic (exact) mass is 252 g/mol. The smallest absolute Gasteiger partial charge is 0.187 e. The van der Waals surface area contributed by atoms with E-state index >= 15 is 0 Å². The van der Waals surface area contributed by atoms with Crippen LogP contribution >= 0.6 is 0 Å². The molecule has 0 unspecified atom stereocenters. The molecule has 1 aromatic carbocycles. The molecule has 94 valence electrons. The van der Waals surface area contributed by atoms with Crippen LogP contribution in [0, 0.1) is 22.7 Å². The van der Waals surface area contributed by atoms with Crippen molar-refractivity contribution in [3.63, 3.8) is 0 Å². The largest absolute Gasteiger partial charge is 0.388 e. The van der Waals surface area contributed by atoms with E-state index in [-0.39, 0.29) is 17.2 Å². The summed E-state index contributed by atoms with van der Waals surface area (Å²) in [5, 5.41) is 20.0. The Labute approximate surface area is 111 Å². The lowest BCUT2D eigenvalue weighted by Gasteiger charge is -2.04. The van der Waals surface area contributed by atoms with Crippen molar-refractivity contribution in [3.05, 3.63) is 59.1 Å². The van der Waals surface area contributed by atoms with Crippen LogP contribution in [0.25, 0.3) is 0 Å². The summed E-state index contributed by atoms with van der Waals surface area (Å²) in [4.78, 5) is 11.9. The van der Waals surface area contributed by atoms with E-state index in [4.69, 9.17) is 16.3 Å². The number of allylic oxidation sites excluding steroid dienone is 4. The minimum Gasteiger partial charge on any atom is -0.388 e. The molecule has 0 atom stereocenters. The Hall–Kier alpha value is -3.05. The highest BCUT2D eigenvalue weighted by atomic mass is 16.1. The van der Waals surface area contributed by atoms with Gasteiger partial charge in [0.05, 0.1) is 0 Å². The van der Waals surface area contributed by atoms with E-state index in [9.17, 15) is 4.79 Å². The molecule has 0 aliphatic rings. The number of hydrogen-bond acceptors (Lipinski definition) is 5. The summed E-state index contributed by atoms with van der Waals surface area (Å²) in [5.74, 6) is -0.196. The first-order valence-corrected chi connectivity index (χ1v) is 5.43. The summed E-state index contributed by atoms with van der Waals surface area (Å²) in [5.41, 5.74) is 6.02. The SMILES string of the molecule is C/C(=C\C(=O)c1ccccc1)N/C(C#N)=C(\N)C#N. The highest BCUT2D eigenvalue weighted by Gasteiger charge is 2.05. The van der Waals surface area contributed by atoms with Gasteiger partial charge in [-0.1, -0.05) is 30.3 Å². The first-order valence-electron chi connectivity index (χ1n) is 5.43. The summed E-state index contributed by atoms with van der Waals surface area (Å²) < 4.78 is 0. The topological polar surface area (TPSA) is 103 Å². The van der Waals surface area contributed by atoms with Crippen molar-refractivity contribution >= 4 is 5.78 Å². The van der Waals surface area contributed by atoms with Crippen LogP contribution in [0.5, 0.6) is 0 Å². The molecule has 0 radical (unpaired) electrons. The maximum absolute atomic E-state index is 11.9. The van der Waals surface area contributed by atoms with Crippen molar-refractivity contribution in [2.45, 2.75) is 6.92 Å². The third-order valence-electron chi connectivity index (χ3n) is 2.23. The molecule has 1 rings (SSSR count). The second-order valence-corrected chi connectivity index (χ2v) is 3.69. The van der Waals surface area contributed by atoms with Gasteiger partial charge in [0, 0.05) is 17.3 Å². The van der Waals surface area contributed by atoms with E-state index in [2.05, 4.69) is 5.32 Å². The predicted molar refractivity (Wildman–Crippen MR) is 70.1 cm³/mol. The van der Waals surface area contributed by atoms with Crippen LogP contribution in [-0.4, -0.2) is 5.78 Å². The molecule has 0 heterocycles. The second-order valence-electron chi connectivity index (χ2n) is 3.69. The molecule has 0 saturated heterocycles. The molecule has 0 aliphatic carbocycles. The van der Waals surface area contributed by atoms with Crippen molar-refractivity contribution in [1.29, 1.82) is 10.5 Å². The summed E-state index contributed by atoms with van der Waals surface area (Å²) in [6.45, 7) is 1.61. The Morgan fingerprint density at radius 2 is 1.89 bits per heavy atom. The van der Waals surface area contributed by atoms with Gasteiger partial charge in [0.25, 0.3) is 0 Å². The number of benzene rings is 1. The Morgan fingerprint density at radius 1 is 1.26 bits per heavy atom. The highest BCUT2D eigenvalue weighted by Crippen LogP contribution is 2.04. The number of nitrogens with one attached hydrogen (secondary N) is 1. The maximum Gasteiger partial charge on any atom is 0.187 e. The quantitative estimate of drug-likeness (QED) is 0.481. The van der Waals surface area contributed by atoms with Gasteiger partial charge in [0.15, 0.2) is 11.5 Å². The van der Waals surface area contributed by atoms with Crippen LogP contribution in [0.3, 0.4) is 0 Å². The number of ketones is 1. The summed E-state index contributed by atoms with van der Waals surface area (Å²) in [6.07, 6.45) is 1.34. The van der Waals surface area contributed by atoms with Crippen molar-refractivity contribution in [2.24, 2.45) is 5.73 Å². The fourth-order valence-corrected chi connectivity index (χ4v) is 1.33. The van der Waals surface area contributed by atoms with Gasteiger partial charge in [-0.2, -0.15) is 10.5 Å². The van der Waals surface area contributed by atoms with Gasteiger partial charge >= 0.3 is 0 Å². The third kappa shape index (κ3) is 4.03. The van der Waals surface area contributed by atoms with E-state index in [0.717, 1.165) is 0 Å². The lowest BCUT2D eigenvalue weighted by Crippen LogP contribution is -2.16. The molecule has 1 aromatic rings. The second kappa shape index (κ2) is 6.63. The summed E-state index contributed by atoms with van der Waals surface area (Å²) in [6, 6.07) is 12.2. The number of carbonyl (C=O) groups is 1. The Kier molecular flexibility index (Phi) is 4.89. The zero-order valence-electron chi connectivity index (χ0n) is 10.3. The number of nitrogens with zero attached hydrogens (tertiary/aromatic N) is 2. The van der Waals surface area contributed by atoms with Crippen LogP contribution in [0.1, 0.15) is 17.3 Å². The molecule has 19 heavy (non-hydrogen) atoms. The minimum absolute atomic E-state index is 0.0721. The zero-order chi connectivity index (χ0) is 14.3. The lowest BCUT2D eigenvalue weighted by molar-refractivity contribution is 0.104. The van der Waals surface area contributed by atoms with E-state index < -0.39 is 0 Å². The molecule has 3 N–H and O–H groups in total. The number of hydrogen-bond donors (Lipinski definition) is 2. The Morgan fingerprint density at radius 3 is 2.42 bits per heavy atom. The van der Waals surface area contributed by atoms with Gasteiger partial charge in [-0.05, 0) is 6.92 Å². The van der Waals surface area contributed by atoms with E-state index in [1.165, 1.54) is 6.08 Å². The lowest BCUT2D eigenvalue weighted by atomic mass is 10.1. The van der Waals surface area contributed by atoms with Crippen molar-refractivity contribution in [3.8, 4) is 12.1 Å². The van der Waals surface area contributed by atoms with Crippen molar-refractivity contribution < 1.29 is 4.79 Å². The van der Waals surface area contributed by atoms with Crippen LogP contribution in [0.2, 0.25) is 0 Å². The van der Waals surface area contributed by atoms with Crippen LogP contribution in [-0.2, 0) is 0 Å². The fraction of sp³-hybridized carbons (Fsp3) is 0.0714. The summed E-state index contributed by atoms with van der Waals surface area (Å²) in [7, 11) is 0. The molecule has 5 heteroatoms. The molecule has 0 fully saturated rings. The van der Waals surface area contributed by atoms with Crippen LogP contribution in [0.4, 0.5) is 0 Å². The van der Waals surface area contributed by atoms with Crippen LogP contribution in [0.15, 0.2) is 53.5 Å². The van der Waals surface area contributed by atoms with E-state index in [0.29, 0.717) is 11.3 Å². The normalized spacial score (nSPS) is 11.8.